The highest BCUT2D eigenvalue weighted by Crippen LogP contribution is 2.31. The van der Waals surface area contributed by atoms with Crippen molar-refractivity contribution in [1.29, 1.82) is 0 Å². The summed E-state index contributed by atoms with van der Waals surface area (Å²) in [6, 6.07) is 26.5. The van der Waals surface area contributed by atoms with E-state index in [9.17, 15) is 42.5 Å². The van der Waals surface area contributed by atoms with Crippen LogP contribution in [0.2, 0.25) is 0 Å². The molecule has 0 unspecified atom stereocenters. The van der Waals surface area contributed by atoms with Gasteiger partial charge >= 0.3 is 19.2 Å². The number of benzene rings is 4. The molecule has 2 atom stereocenters. The molecule has 85 heavy (non-hydrogen) atoms. The van der Waals surface area contributed by atoms with Crippen molar-refractivity contribution in [3.63, 3.8) is 0 Å². The molecule has 2 fully saturated rings. The first-order valence-corrected chi connectivity index (χ1v) is 27.0. The van der Waals surface area contributed by atoms with Gasteiger partial charge in [0.25, 0.3) is 0 Å². The number of aliphatic hydroxyl groups is 4. The number of carboxylic acid groups (broad SMARTS) is 1. The number of hydrogen-bond acceptors (Lipinski definition) is 15. The highest BCUT2D eigenvalue weighted by atomic mass is 19.3. The molecule has 0 saturated heterocycles. The van der Waals surface area contributed by atoms with E-state index in [1.165, 1.54) is 24.3 Å². The second-order valence-electron chi connectivity index (χ2n) is 19.1. The minimum Gasteiger partial charge on any atom is -0.481 e. The molecular formula is C65H65F4N7O9. The topological polar surface area (TPSA) is 255 Å². The van der Waals surface area contributed by atoms with Crippen molar-refractivity contribution in [1.82, 2.24) is 19.9 Å². The number of carbonyl (C=O) groups excluding carboxylic acids is 1. The van der Waals surface area contributed by atoms with Crippen LogP contribution in [0.4, 0.5) is 40.8 Å². The highest BCUT2D eigenvalue weighted by Gasteiger charge is 2.27. The monoisotopic (exact) mass is 1160 g/mol. The van der Waals surface area contributed by atoms with Gasteiger partial charge in [0, 0.05) is 59.8 Å². The SMILES string of the molecule is CC#CC#CC#CC#CC#CC.NC1CCC(O)CC1.O=C(CC1CCC(O)CC1)[C@H](CO)c1ccc(Nc2ncc(-c3ccc(OC(F)F)cc3)cn2)cc1.O=C(O)[C@H](CO)c1ccc(Nc2ncc(-c3ccc(OC(F)F)cc3)cn2)cc1. The fourth-order valence-electron chi connectivity index (χ4n) is 8.51. The molecule has 4 aromatic carbocycles. The maximum atomic E-state index is 12.8. The molecule has 0 spiro atoms. The molecule has 442 valence electrons. The van der Waals surface area contributed by atoms with Crippen LogP contribution in [0, 0.1) is 65.1 Å². The third kappa shape index (κ3) is 24.2. The number of nitrogens with two attached hydrogens (primary N) is 1. The Morgan fingerprint density at radius 2 is 0.882 bits per heavy atom. The summed E-state index contributed by atoms with van der Waals surface area (Å²) in [5.41, 5.74) is 11.1. The Morgan fingerprint density at radius 3 is 1.21 bits per heavy atom. The number of Topliss-reactive ketones (excluding diaryl/α,β-unsaturated/α-hetero) is 1. The molecule has 2 aromatic heterocycles. The van der Waals surface area contributed by atoms with E-state index >= 15 is 0 Å². The lowest BCUT2D eigenvalue weighted by atomic mass is 9.81. The fourth-order valence-corrected chi connectivity index (χ4v) is 8.51. The number of nitrogens with one attached hydrogen (secondary N) is 2. The van der Waals surface area contributed by atoms with Gasteiger partial charge in [0.2, 0.25) is 11.9 Å². The summed E-state index contributed by atoms with van der Waals surface area (Å²) < 4.78 is 57.7. The molecule has 2 aliphatic carbocycles. The third-order valence-corrected chi connectivity index (χ3v) is 13.1. The number of halogens is 4. The van der Waals surface area contributed by atoms with Crippen LogP contribution >= 0.6 is 0 Å². The molecule has 0 aliphatic heterocycles. The molecule has 9 N–H and O–H groups in total. The largest absolute Gasteiger partial charge is 0.481 e. The number of ketones is 1. The van der Waals surface area contributed by atoms with Gasteiger partial charge in [-0.2, -0.15) is 17.6 Å². The lowest BCUT2D eigenvalue weighted by Gasteiger charge is -2.26. The zero-order valence-corrected chi connectivity index (χ0v) is 46.7. The van der Waals surface area contributed by atoms with Crippen LogP contribution in [-0.4, -0.2) is 102 Å². The molecule has 8 rings (SSSR count). The molecule has 6 aromatic rings. The zero-order valence-electron chi connectivity index (χ0n) is 46.7. The number of nitrogens with zero attached hydrogens (tertiary/aromatic N) is 4. The van der Waals surface area contributed by atoms with E-state index in [-0.39, 0.29) is 42.0 Å². The van der Waals surface area contributed by atoms with Crippen molar-refractivity contribution >= 4 is 35.0 Å². The Hall–Kier alpha value is -9.30. The molecule has 0 bridgehead atoms. The molecule has 0 amide bonds. The number of carboxylic acids is 1. The van der Waals surface area contributed by atoms with Crippen LogP contribution in [0.3, 0.4) is 0 Å². The molecule has 16 nitrogen and oxygen atoms in total. The van der Waals surface area contributed by atoms with Gasteiger partial charge in [-0.05, 0) is 189 Å². The maximum Gasteiger partial charge on any atom is 0.387 e. The van der Waals surface area contributed by atoms with E-state index in [1.54, 1.807) is 99.3 Å². The Balaban J connectivity index is 0.000000238. The minimum atomic E-state index is -2.87. The average molecular weight is 1160 g/mol. The first kappa shape index (κ1) is 66.5. The van der Waals surface area contributed by atoms with Gasteiger partial charge in [0.1, 0.15) is 23.2 Å². The number of ether oxygens (including phenoxy) is 2. The van der Waals surface area contributed by atoms with Crippen LogP contribution in [0.5, 0.6) is 11.5 Å². The molecule has 2 aliphatic rings. The van der Waals surface area contributed by atoms with Gasteiger partial charge in [0.15, 0.2) is 0 Å². The van der Waals surface area contributed by atoms with Gasteiger partial charge in [-0.15, -0.1) is 0 Å². The highest BCUT2D eigenvalue weighted by molar-refractivity contribution is 5.86. The maximum absolute atomic E-state index is 12.8. The van der Waals surface area contributed by atoms with E-state index in [2.05, 4.69) is 99.2 Å². The average Bonchev–Trinajstić information content (AvgIpc) is 3.59. The van der Waals surface area contributed by atoms with Crippen LogP contribution < -0.4 is 25.8 Å². The second kappa shape index (κ2) is 36.3. The van der Waals surface area contributed by atoms with E-state index in [0.29, 0.717) is 41.2 Å². The first-order chi connectivity index (χ1) is 41.1. The van der Waals surface area contributed by atoms with Crippen molar-refractivity contribution in [2.45, 2.75) is 115 Å². The molecule has 2 saturated carbocycles. The second-order valence-corrected chi connectivity index (χ2v) is 19.1. The minimum absolute atomic E-state index is 0.0207. The first-order valence-electron chi connectivity index (χ1n) is 27.0. The van der Waals surface area contributed by atoms with E-state index in [4.69, 9.17) is 15.9 Å². The Kier molecular flexibility index (Phi) is 28.4. The van der Waals surface area contributed by atoms with Crippen molar-refractivity contribution < 1.29 is 62.2 Å². The van der Waals surface area contributed by atoms with Crippen LogP contribution in [0.15, 0.2) is 122 Å². The summed E-state index contributed by atoms with van der Waals surface area (Å²) in [5.74, 6) is 24.1. The fraction of sp³-hybridized carbons (Fsp3) is 0.323. The lowest BCUT2D eigenvalue weighted by Crippen LogP contribution is -2.28. The third-order valence-electron chi connectivity index (χ3n) is 13.1. The number of aliphatic carboxylic acids is 1. The van der Waals surface area contributed by atoms with Gasteiger partial charge in [-0.3, -0.25) is 9.59 Å². The number of anilines is 4. The molecule has 20 heteroatoms. The van der Waals surface area contributed by atoms with Gasteiger partial charge in [-0.1, -0.05) is 60.4 Å². The number of aliphatic hydroxyl groups excluding tert-OH is 4. The normalized spacial score (nSPS) is 16.2. The number of aromatic nitrogens is 4. The standard InChI is InChI=1S/C27H29F2N3O4.C20H17F2N3O4.C12H6.C6H13NO/c28-26(29)36-23-11-5-18(6-12-23)20-14-30-27(31-15-20)32-21-7-3-19(4-8-21)24(16-33)25(35)13-17-1-9-22(34)10-2-17;21-19(22)29-16-7-3-12(4-8-16)14-9-23-20(24-10-14)25-15-5-1-13(2-6-15)17(11-26)18(27)28;1-3-5-7-9-11-12-10-8-6-4-2;7-5-1-3-6(8)4-2-5/h3-8,11-12,14-15,17,22,24,26,33-34H,1-2,9-10,13,16H2,(H,30,31,32);1-10,17,19,26H,11H2,(H,27,28)(H,23,24,25);1-2H3;5-6,8H,1-4,7H2/t17?,22?,24-;17-;;/m11../s1. The van der Waals surface area contributed by atoms with Crippen molar-refractivity contribution in [3.8, 4) is 93.0 Å². The van der Waals surface area contributed by atoms with Crippen molar-refractivity contribution in [2.24, 2.45) is 11.7 Å². The van der Waals surface area contributed by atoms with E-state index in [0.717, 1.165) is 79.3 Å². The van der Waals surface area contributed by atoms with Gasteiger partial charge < -0.3 is 51.4 Å². The molecular weight excluding hydrogens is 1100 g/mol. The van der Waals surface area contributed by atoms with E-state index in [1.807, 2.05) is 12.1 Å². The Bertz CT molecular complexity index is 3290. The number of alkyl halides is 4. The van der Waals surface area contributed by atoms with Crippen LogP contribution in [-0.2, 0) is 9.59 Å². The number of rotatable bonds is 18. The summed E-state index contributed by atoms with van der Waals surface area (Å²) in [5, 5.41) is 52.8. The Labute approximate surface area is 491 Å². The molecule has 2 heterocycles. The quantitative estimate of drug-likeness (QED) is 0.0294. The van der Waals surface area contributed by atoms with Crippen molar-refractivity contribution in [3.05, 3.63) is 133 Å². The van der Waals surface area contributed by atoms with Crippen molar-refractivity contribution in [2.75, 3.05) is 23.8 Å². The molecule has 0 radical (unpaired) electrons. The number of hydrogen-bond donors (Lipinski definition) is 8. The van der Waals surface area contributed by atoms with Crippen LogP contribution in [0.1, 0.15) is 94.6 Å². The smallest absolute Gasteiger partial charge is 0.387 e. The predicted octanol–water partition coefficient (Wildman–Crippen LogP) is 10.0. The summed E-state index contributed by atoms with van der Waals surface area (Å²) in [7, 11) is 0. The summed E-state index contributed by atoms with van der Waals surface area (Å²) in [6.45, 7) is -3.03. The Morgan fingerprint density at radius 1 is 0.529 bits per heavy atom. The summed E-state index contributed by atoms with van der Waals surface area (Å²) in [4.78, 5) is 40.9. The number of carbonyl (C=O) groups is 2. The summed E-state index contributed by atoms with van der Waals surface area (Å²) >= 11 is 0. The van der Waals surface area contributed by atoms with Gasteiger partial charge in [-0.25, -0.2) is 19.9 Å². The lowest BCUT2D eigenvalue weighted by molar-refractivity contribution is -0.139. The predicted molar refractivity (Wildman–Crippen MR) is 315 cm³/mol. The zero-order chi connectivity index (χ0) is 61.3. The summed E-state index contributed by atoms with van der Waals surface area (Å²) in [6.07, 6.45) is 13.5. The van der Waals surface area contributed by atoms with Crippen LogP contribution in [0.25, 0.3) is 22.3 Å². The van der Waals surface area contributed by atoms with Gasteiger partial charge in [0.05, 0.1) is 31.3 Å². The van der Waals surface area contributed by atoms with E-state index < -0.39 is 37.6 Å².